The molecule has 0 saturated heterocycles. The highest BCUT2D eigenvalue weighted by Gasteiger charge is 2.37. The molecule has 2 rings (SSSR count). The minimum absolute atomic E-state index is 0.00760. The van der Waals surface area contributed by atoms with Crippen LogP contribution in [0.5, 0.6) is 0 Å². The van der Waals surface area contributed by atoms with Crippen LogP contribution in [-0.4, -0.2) is 20.9 Å². The molecule has 1 aromatic rings. The molecule has 1 fully saturated rings. The lowest BCUT2D eigenvalue weighted by Gasteiger charge is -2.10. The van der Waals surface area contributed by atoms with Crippen molar-refractivity contribution in [3.8, 4) is 0 Å². The Morgan fingerprint density at radius 2 is 1.89 bits per heavy atom. The maximum Gasteiger partial charge on any atom is 0.251 e. The molecule has 0 aromatic heterocycles. The SMILES string of the molecule is CC1(CNC(=O)c2ccc(S(N)(=O)=O)cc2)CC1. The summed E-state index contributed by atoms with van der Waals surface area (Å²) < 4.78 is 22.1. The average Bonchev–Trinajstić information content (AvgIpc) is 3.04. The van der Waals surface area contributed by atoms with Gasteiger partial charge in [-0.3, -0.25) is 4.79 Å². The van der Waals surface area contributed by atoms with Crippen molar-refractivity contribution in [1.29, 1.82) is 0 Å². The van der Waals surface area contributed by atoms with Crippen LogP contribution in [-0.2, 0) is 10.0 Å². The number of rotatable bonds is 4. The summed E-state index contributed by atoms with van der Waals surface area (Å²) in [7, 11) is -3.70. The zero-order chi connectivity index (χ0) is 13.4. The normalized spacial score (nSPS) is 17.2. The molecule has 0 heterocycles. The van der Waals surface area contributed by atoms with Crippen molar-refractivity contribution < 1.29 is 13.2 Å². The summed E-state index contributed by atoms with van der Waals surface area (Å²) >= 11 is 0. The number of nitrogens with one attached hydrogen (secondary N) is 1. The standard InChI is InChI=1S/C12H16N2O3S/c1-12(6-7-12)8-14-11(15)9-2-4-10(5-3-9)18(13,16)17/h2-5H,6-8H2,1H3,(H,14,15)(H2,13,16,17). The number of carbonyl (C=O) groups excluding carboxylic acids is 1. The van der Waals surface area contributed by atoms with Crippen LogP contribution in [0.1, 0.15) is 30.1 Å². The fourth-order valence-electron chi connectivity index (χ4n) is 1.58. The third-order valence-corrected chi connectivity index (χ3v) is 4.15. The fraction of sp³-hybridized carbons (Fsp3) is 0.417. The van der Waals surface area contributed by atoms with Crippen LogP contribution >= 0.6 is 0 Å². The minimum Gasteiger partial charge on any atom is -0.351 e. The molecule has 3 N–H and O–H groups in total. The Morgan fingerprint density at radius 1 is 1.33 bits per heavy atom. The number of nitrogens with two attached hydrogens (primary N) is 1. The van der Waals surface area contributed by atoms with Crippen molar-refractivity contribution in [2.24, 2.45) is 10.6 Å². The van der Waals surface area contributed by atoms with Gasteiger partial charge in [0.2, 0.25) is 10.0 Å². The molecule has 0 radical (unpaired) electrons. The Morgan fingerprint density at radius 3 is 2.33 bits per heavy atom. The molecular formula is C12H16N2O3S. The maximum atomic E-state index is 11.8. The molecule has 98 valence electrons. The van der Waals surface area contributed by atoms with Gasteiger partial charge in [0.05, 0.1) is 4.90 Å². The van der Waals surface area contributed by atoms with Crippen LogP contribution in [0.2, 0.25) is 0 Å². The van der Waals surface area contributed by atoms with Gasteiger partial charge in [-0.25, -0.2) is 13.6 Å². The van der Waals surface area contributed by atoms with E-state index in [1.54, 1.807) is 0 Å². The number of benzene rings is 1. The van der Waals surface area contributed by atoms with E-state index >= 15 is 0 Å². The van der Waals surface area contributed by atoms with Crippen molar-refractivity contribution in [2.75, 3.05) is 6.54 Å². The molecule has 1 aliphatic carbocycles. The molecule has 18 heavy (non-hydrogen) atoms. The van der Waals surface area contributed by atoms with Crippen LogP contribution in [0.3, 0.4) is 0 Å². The maximum absolute atomic E-state index is 11.8. The molecule has 0 atom stereocenters. The zero-order valence-corrected chi connectivity index (χ0v) is 11.0. The number of primary sulfonamides is 1. The second-order valence-electron chi connectivity index (χ2n) is 5.06. The number of sulfonamides is 1. The highest BCUT2D eigenvalue weighted by molar-refractivity contribution is 7.89. The molecule has 1 aliphatic rings. The number of carbonyl (C=O) groups is 1. The molecule has 0 aliphatic heterocycles. The van der Waals surface area contributed by atoms with Gasteiger partial charge >= 0.3 is 0 Å². The van der Waals surface area contributed by atoms with Crippen molar-refractivity contribution in [3.63, 3.8) is 0 Å². The van der Waals surface area contributed by atoms with E-state index in [2.05, 4.69) is 12.2 Å². The summed E-state index contributed by atoms with van der Waals surface area (Å²) in [5.41, 5.74) is 0.683. The zero-order valence-electron chi connectivity index (χ0n) is 10.1. The Bertz CT molecular complexity index is 559. The molecule has 1 amide bonds. The van der Waals surface area contributed by atoms with Gasteiger partial charge in [-0.15, -0.1) is 0 Å². The first-order chi connectivity index (χ1) is 8.30. The van der Waals surface area contributed by atoms with E-state index in [0.717, 1.165) is 12.8 Å². The average molecular weight is 268 g/mol. The second kappa shape index (κ2) is 4.37. The van der Waals surface area contributed by atoms with Gasteiger partial charge in [0.1, 0.15) is 0 Å². The van der Waals surface area contributed by atoms with Gasteiger partial charge in [0.15, 0.2) is 0 Å². The van der Waals surface area contributed by atoms with Gasteiger partial charge < -0.3 is 5.32 Å². The largest absolute Gasteiger partial charge is 0.351 e. The van der Waals surface area contributed by atoms with Gasteiger partial charge in [-0.1, -0.05) is 6.92 Å². The highest BCUT2D eigenvalue weighted by Crippen LogP contribution is 2.44. The molecular weight excluding hydrogens is 252 g/mol. The molecule has 0 bridgehead atoms. The first kappa shape index (κ1) is 13.0. The Kier molecular flexibility index (Phi) is 3.16. The topological polar surface area (TPSA) is 89.3 Å². The molecule has 6 heteroatoms. The Hall–Kier alpha value is -1.40. The lowest BCUT2D eigenvalue weighted by atomic mass is 10.1. The summed E-state index contributed by atoms with van der Waals surface area (Å²) in [5.74, 6) is -0.191. The van der Waals surface area contributed by atoms with Crippen molar-refractivity contribution in [3.05, 3.63) is 29.8 Å². The molecule has 0 spiro atoms. The summed E-state index contributed by atoms with van der Waals surface area (Å²) in [4.78, 5) is 11.8. The van der Waals surface area contributed by atoms with Crippen LogP contribution in [0.4, 0.5) is 0 Å². The van der Waals surface area contributed by atoms with Crippen molar-refractivity contribution in [2.45, 2.75) is 24.7 Å². The quantitative estimate of drug-likeness (QED) is 0.849. The van der Waals surface area contributed by atoms with Crippen molar-refractivity contribution >= 4 is 15.9 Å². The molecule has 0 unspecified atom stereocenters. The highest BCUT2D eigenvalue weighted by atomic mass is 32.2. The lowest BCUT2D eigenvalue weighted by molar-refractivity contribution is 0.0946. The second-order valence-corrected chi connectivity index (χ2v) is 6.62. The van der Waals surface area contributed by atoms with Gasteiger partial charge in [-0.2, -0.15) is 0 Å². The summed E-state index contributed by atoms with van der Waals surface area (Å²) in [6.45, 7) is 2.78. The van der Waals surface area contributed by atoms with E-state index in [1.807, 2.05) is 0 Å². The molecule has 5 nitrogen and oxygen atoms in total. The van der Waals surface area contributed by atoms with Crippen LogP contribution in [0, 0.1) is 5.41 Å². The van der Waals surface area contributed by atoms with Crippen LogP contribution < -0.4 is 10.5 Å². The third-order valence-electron chi connectivity index (χ3n) is 3.22. The summed E-state index contributed by atoms with van der Waals surface area (Å²) in [5, 5.41) is 7.82. The van der Waals surface area contributed by atoms with E-state index in [0.29, 0.717) is 12.1 Å². The van der Waals surface area contributed by atoms with Crippen LogP contribution in [0.25, 0.3) is 0 Å². The third kappa shape index (κ3) is 3.08. The van der Waals surface area contributed by atoms with Crippen LogP contribution in [0.15, 0.2) is 29.2 Å². The van der Waals surface area contributed by atoms with Gasteiger partial charge in [0, 0.05) is 12.1 Å². The monoisotopic (exact) mass is 268 g/mol. The van der Waals surface area contributed by atoms with Gasteiger partial charge in [0.25, 0.3) is 5.91 Å². The Labute approximate surface area is 106 Å². The summed E-state index contributed by atoms with van der Waals surface area (Å²) in [6, 6.07) is 5.60. The van der Waals surface area contributed by atoms with Gasteiger partial charge in [-0.05, 0) is 42.5 Å². The van der Waals surface area contributed by atoms with E-state index in [1.165, 1.54) is 24.3 Å². The van der Waals surface area contributed by atoms with Crippen molar-refractivity contribution in [1.82, 2.24) is 5.32 Å². The van der Waals surface area contributed by atoms with E-state index in [-0.39, 0.29) is 16.2 Å². The molecule has 1 aromatic carbocycles. The lowest BCUT2D eigenvalue weighted by Crippen LogP contribution is -2.29. The fourth-order valence-corrected chi connectivity index (χ4v) is 2.10. The van der Waals surface area contributed by atoms with E-state index < -0.39 is 10.0 Å². The summed E-state index contributed by atoms with van der Waals surface area (Å²) in [6.07, 6.45) is 2.27. The molecule has 1 saturated carbocycles. The van der Waals surface area contributed by atoms with E-state index in [4.69, 9.17) is 5.14 Å². The number of hydrogen-bond donors (Lipinski definition) is 2. The van der Waals surface area contributed by atoms with E-state index in [9.17, 15) is 13.2 Å². The Balaban J connectivity index is 2.02. The minimum atomic E-state index is -3.70. The first-order valence-electron chi connectivity index (χ1n) is 5.71. The number of amides is 1. The first-order valence-corrected chi connectivity index (χ1v) is 7.26. The number of hydrogen-bond acceptors (Lipinski definition) is 3. The predicted octanol–water partition coefficient (Wildman–Crippen LogP) is 0.864. The predicted molar refractivity (Wildman–Crippen MR) is 67.5 cm³/mol. The smallest absolute Gasteiger partial charge is 0.251 e.